The maximum atomic E-state index is 12.9. The molecule has 1 aliphatic heterocycles. The van der Waals surface area contributed by atoms with Crippen LogP contribution in [-0.2, 0) is 11.3 Å². The van der Waals surface area contributed by atoms with E-state index < -0.39 is 0 Å². The second-order valence-electron chi connectivity index (χ2n) is 7.19. The van der Waals surface area contributed by atoms with Crippen molar-refractivity contribution in [2.24, 2.45) is 0 Å². The van der Waals surface area contributed by atoms with E-state index in [1.54, 1.807) is 14.2 Å². The van der Waals surface area contributed by atoms with Crippen LogP contribution in [0.4, 0.5) is 0 Å². The molecule has 0 bridgehead atoms. The number of benzene rings is 3. The maximum absolute atomic E-state index is 12.9. The SMILES string of the molecule is COc1cccc(OC)c1C1CCCC(=O)N1Cc1ccc2ccccc2c1. The molecule has 1 aliphatic rings. The number of rotatable bonds is 5. The fourth-order valence-electron chi connectivity index (χ4n) is 4.16. The fraction of sp³-hybridized carbons (Fsp3) is 0.292. The lowest BCUT2D eigenvalue weighted by atomic mass is 9.92. The summed E-state index contributed by atoms with van der Waals surface area (Å²) < 4.78 is 11.2. The molecular formula is C24H25NO3. The largest absolute Gasteiger partial charge is 0.496 e. The van der Waals surface area contributed by atoms with E-state index in [1.165, 1.54) is 10.8 Å². The lowest BCUT2D eigenvalue weighted by Gasteiger charge is -2.37. The van der Waals surface area contributed by atoms with Crippen molar-refractivity contribution in [1.82, 2.24) is 4.90 Å². The molecule has 0 spiro atoms. The first-order chi connectivity index (χ1) is 13.7. The monoisotopic (exact) mass is 375 g/mol. The van der Waals surface area contributed by atoms with Gasteiger partial charge in [0.15, 0.2) is 0 Å². The number of methoxy groups -OCH3 is 2. The Kier molecular flexibility index (Phi) is 5.20. The Hall–Kier alpha value is -3.01. The number of carbonyl (C=O) groups excluding carboxylic acids is 1. The van der Waals surface area contributed by atoms with Gasteiger partial charge in [0.05, 0.1) is 25.8 Å². The number of fused-ring (bicyclic) bond motifs is 1. The van der Waals surface area contributed by atoms with Gasteiger partial charge in [-0.3, -0.25) is 4.79 Å². The Bertz CT molecular complexity index is 976. The summed E-state index contributed by atoms with van der Waals surface area (Å²) in [6, 6.07) is 20.4. The molecule has 1 amide bonds. The van der Waals surface area contributed by atoms with E-state index in [-0.39, 0.29) is 11.9 Å². The highest BCUT2D eigenvalue weighted by molar-refractivity contribution is 5.83. The molecular weight excluding hydrogens is 350 g/mol. The van der Waals surface area contributed by atoms with Gasteiger partial charge in [-0.15, -0.1) is 0 Å². The first-order valence-corrected chi connectivity index (χ1v) is 9.69. The molecule has 3 aromatic carbocycles. The topological polar surface area (TPSA) is 38.8 Å². The molecule has 4 nitrogen and oxygen atoms in total. The molecule has 0 saturated carbocycles. The van der Waals surface area contributed by atoms with Gasteiger partial charge in [0.25, 0.3) is 0 Å². The zero-order valence-electron chi connectivity index (χ0n) is 16.4. The quantitative estimate of drug-likeness (QED) is 0.622. The molecule has 0 aliphatic carbocycles. The van der Waals surface area contributed by atoms with Crippen LogP contribution in [0, 0.1) is 0 Å². The third-order valence-electron chi connectivity index (χ3n) is 5.53. The third-order valence-corrected chi connectivity index (χ3v) is 5.53. The van der Waals surface area contributed by atoms with Gasteiger partial charge >= 0.3 is 0 Å². The van der Waals surface area contributed by atoms with Crippen molar-refractivity contribution in [1.29, 1.82) is 0 Å². The molecule has 144 valence electrons. The van der Waals surface area contributed by atoms with E-state index in [0.717, 1.165) is 35.5 Å². The van der Waals surface area contributed by atoms with Crippen molar-refractivity contribution >= 4 is 16.7 Å². The summed E-state index contributed by atoms with van der Waals surface area (Å²) in [6.07, 6.45) is 2.36. The van der Waals surface area contributed by atoms with Crippen LogP contribution in [0.1, 0.15) is 36.4 Å². The van der Waals surface area contributed by atoms with Gasteiger partial charge in [0, 0.05) is 13.0 Å². The van der Waals surface area contributed by atoms with Crippen LogP contribution >= 0.6 is 0 Å². The zero-order valence-corrected chi connectivity index (χ0v) is 16.4. The van der Waals surface area contributed by atoms with Gasteiger partial charge in [-0.2, -0.15) is 0 Å². The lowest BCUT2D eigenvalue weighted by Crippen LogP contribution is -2.38. The molecule has 1 saturated heterocycles. The van der Waals surface area contributed by atoms with Crippen LogP contribution in [0.15, 0.2) is 60.7 Å². The van der Waals surface area contributed by atoms with E-state index in [9.17, 15) is 4.79 Å². The molecule has 28 heavy (non-hydrogen) atoms. The van der Waals surface area contributed by atoms with E-state index in [1.807, 2.05) is 35.2 Å². The van der Waals surface area contributed by atoms with E-state index in [2.05, 4.69) is 30.3 Å². The van der Waals surface area contributed by atoms with Gasteiger partial charge < -0.3 is 14.4 Å². The second kappa shape index (κ2) is 7.93. The molecule has 0 N–H and O–H groups in total. The smallest absolute Gasteiger partial charge is 0.223 e. The van der Waals surface area contributed by atoms with Gasteiger partial charge in [-0.1, -0.05) is 42.5 Å². The predicted molar refractivity (Wildman–Crippen MR) is 111 cm³/mol. The van der Waals surface area contributed by atoms with Gasteiger partial charge in [-0.25, -0.2) is 0 Å². The highest BCUT2D eigenvalue weighted by Crippen LogP contribution is 2.42. The summed E-state index contributed by atoms with van der Waals surface area (Å²) >= 11 is 0. The first kappa shape index (κ1) is 18.4. The minimum absolute atomic E-state index is 0.0566. The van der Waals surface area contributed by atoms with E-state index in [0.29, 0.717) is 13.0 Å². The van der Waals surface area contributed by atoms with Crippen molar-refractivity contribution < 1.29 is 14.3 Å². The molecule has 0 radical (unpaired) electrons. The summed E-state index contributed by atoms with van der Waals surface area (Å²) in [5, 5.41) is 2.40. The summed E-state index contributed by atoms with van der Waals surface area (Å²) in [5.41, 5.74) is 2.09. The molecule has 3 aromatic rings. The Morgan fingerprint density at radius 3 is 2.36 bits per heavy atom. The number of likely N-dealkylation sites (tertiary alicyclic amines) is 1. The fourth-order valence-corrected chi connectivity index (χ4v) is 4.16. The average molecular weight is 375 g/mol. The summed E-state index contributed by atoms with van der Waals surface area (Å²) in [4.78, 5) is 14.9. The molecule has 1 unspecified atom stereocenters. The number of nitrogens with zero attached hydrogens (tertiary/aromatic N) is 1. The van der Waals surface area contributed by atoms with Crippen LogP contribution in [-0.4, -0.2) is 25.0 Å². The van der Waals surface area contributed by atoms with E-state index >= 15 is 0 Å². The normalized spacial score (nSPS) is 17.0. The standard InChI is InChI=1S/C24H25NO3/c1-27-21-10-6-11-22(28-2)24(21)20-9-5-12-23(26)25(20)16-17-13-14-18-7-3-4-8-19(18)15-17/h3-4,6-8,10-11,13-15,20H,5,9,12,16H2,1-2H3. The van der Waals surface area contributed by atoms with Crippen LogP contribution in [0.2, 0.25) is 0 Å². The van der Waals surface area contributed by atoms with Crippen molar-refractivity contribution in [2.45, 2.75) is 31.8 Å². The number of piperidine rings is 1. The van der Waals surface area contributed by atoms with Crippen molar-refractivity contribution in [2.75, 3.05) is 14.2 Å². The van der Waals surface area contributed by atoms with Crippen molar-refractivity contribution in [3.05, 3.63) is 71.8 Å². The Morgan fingerprint density at radius 1 is 0.929 bits per heavy atom. The van der Waals surface area contributed by atoms with Crippen LogP contribution in [0.25, 0.3) is 10.8 Å². The van der Waals surface area contributed by atoms with Crippen LogP contribution in [0.5, 0.6) is 11.5 Å². The Labute approximate surface area is 165 Å². The molecule has 4 rings (SSSR count). The number of hydrogen-bond acceptors (Lipinski definition) is 3. The van der Waals surface area contributed by atoms with Crippen molar-refractivity contribution in [3.8, 4) is 11.5 Å². The Balaban J connectivity index is 1.72. The summed E-state index contributed by atoms with van der Waals surface area (Å²) in [5.74, 6) is 1.71. The van der Waals surface area contributed by atoms with E-state index in [4.69, 9.17) is 9.47 Å². The third kappa shape index (κ3) is 3.42. The maximum Gasteiger partial charge on any atom is 0.223 e. The molecule has 1 atom stereocenters. The minimum Gasteiger partial charge on any atom is -0.496 e. The van der Waals surface area contributed by atoms with Gasteiger partial charge in [0.1, 0.15) is 11.5 Å². The summed E-state index contributed by atoms with van der Waals surface area (Å²) in [6.45, 7) is 0.579. The lowest BCUT2D eigenvalue weighted by molar-refractivity contribution is -0.137. The highest BCUT2D eigenvalue weighted by atomic mass is 16.5. The number of hydrogen-bond donors (Lipinski definition) is 0. The predicted octanol–water partition coefficient (Wildman–Crippen LogP) is 5.11. The van der Waals surface area contributed by atoms with Crippen molar-refractivity contribution in [3.63, 3.8) is 0 Å². The number of amides is 1. The molecule has 0 aromatic heterocycles. The minimum atomic E-state index is -0.0566. The average Bonchev–Trinajstić information content (AvgIpc) is 2.74. The van der Waals surface area contributed by atoms with Crippen LogP contribution < -0.4 is 9.47 Å². The van der Waals surface area contributed by atoms with Gasteiger partial charge in [0.2, 0.25) is 5.91 Å². The molecule has 1 fully saturated rings. The molecule has 1 heterocycles. The molecule has 4 heteroatoms. The van der Waals surface area contributed by atoms with Crippen LogP contribution in [0.3, 0.4) is 0 Å². The number of carbonyl (C=O) groups is 1. The number of ether oxygens (including phenoxy) is 2. The van der Waals surface area contributed by atoms with Gasteiger partial charge in [-0.05, 0) is 47.4 Å². The Morgan fingerprint density at radius 2 is 1.64 bits per heavy atom. The first-order valence-electron chi connectivity index (χ1n) is 9.69. The second-order valence-corrected chi connectivity index (χ2v) is 7.19. The highest BCUT2D eigenvalue weighted by Gasteiger charge is 2.33. The summed E-state index contributed by atoms with van der Waals surface area (Å²) in [7, 11) is 3.33. The zero-order chi connectivity index (χ0) is 19.5.